The first kappa shape index (κ1) is 25.1. The van der Waals surface area contributed by atoms with Gasteiger partial charge in [0, 0.05) is 6.42 Å². The minimum absolute atomic E-state index is 0. The highest BCUT2D eigenvalue weighted by atomic mass is 32.2. The van der Waals surface area contributed by atoms with Crippen LogP contribution in [-0.2, 0) is 0 Å². The third kappa shape index (κ3) is 24.2. The molecule has 0 spiro atoms. The predicted molar refractivity (Wildman–Crippen MR) is 110 cm³/mol. The summed E-state index contributed by atoms with van der Waals surface area (Å²) >= 11 is 2.07. The molecule has 0 amide bonds. The van der Waals surface area contributed by atoms with Crippen LogP contribution >= 0.6 is 11.8 Å². The maximum absolute atomic E-state index is 5.25. The SMILES string of the molecule is C#CCCCCCCCCCCCCCCCCSCC[CH2].N. The van der Waals surface area contributed by atoms with E-state index in [4.69, 9.17) is 6.42 Å². The molecule has 137 valence electrons. The number of hydrogen-bond donors (Lipinski definition) is 1. The molecule has 0 rings (SSSR count). The van der Waals surface area contributed by atoms with Gasteiger partial charge in [0.2, 0.25) is 0 Å². The molecule has 0 saturated heterocycles. The van der Waals surface area contributed by atoms with Crippen LogP contribution in [0.5, 0.6) is 0 Å². The topological polar surface area (TPSA) is 35.0 Å². The Morgan fingerprint density at radius 2 is 1.00 bits per heavy atom. The molecule has 0 aliphatic heterocycles. The summed E-state index contributed by atoms with van der Waals surface area (Å²) in [6.07, 6.45) is 27.1. The summed E-state index contributed by atoms with van der Waals surface area (Å²) in [6, 6.07) is 0. The molecule has 0 aromatic heterocycles. The fourth-order valence-corrected chi connectivity index (χ4v) is 3.57. The van der Waals surface area contributed by atoms with E-state index < -0.39 is 0 Å². The molecular weight excluding hydrogens is 298 g/mol. The van der Waals surface area contributed by atoms with Crippen LogP contribution in [0.25, 0.3) is 0 Å². The number of unbranched alkanes of at least 4 members (excludes halogenated alkanes) is 14. The molecule has 0 bridgehead atoms. The minimum Gasteiger partial charge on any atom is -0.344 e. The molecule has 0 heterocycles. The number of rotatable bonds is 18. The highest BCUT2D eigenvalue weighted by molar-refractivity contribution is 7.99. The van der Waals surface area contributed by atoms with E-state index in [0.717, 1.165) is 12.8 Å². The monoisotopic (exact) mass is 340 g/mol. The molecule has 1 nitrogen and oxygen atoms in total. The second kappa shape index (κ2) is 24.1. The molecule has 0 aromatic carbocycles. The summed E-state index contributed by atoms with van der Waals surface area (Å²) in [6.45, 7) is 3.87. The average molecular weight is 341 g/mol. The van der Waals surface area contributed by atoms with E-state index >= 15 is 0 Å². The first-order chi connectivity index (χ1) is 10.9. The standard InChI is InChI=1S/C21H39S.H3N/c1-3-5-6-7-8-9-10-11-12-13-14-15-16-17-18-19-21-22-20-4-2;/h1H,2,4-21H2;1H3. The Kier molecular flexibility index (Phi) is 26.3. The van der Waals surface area contributed by atoms with Gasteiger partial charge >= 0.3 is 0 Å². The van der Waals surface area contributed by atoms with Gasteiger partial charge in [0.25, 0.3) is 0 Å². The Bertz CT molecular complexity index is 234. The van der Waals surface area contributed by atoms with Gasteiger partial charge in [-0.1, -0.05) is 84.0 Å². The number of terminal acetylenes is 1. The Hall–Kier alpha value is -0.130. The van der Waals surface area contributed by atoms with E-state index in [2.05, 4.69) is 24.6 Å². The molecule has 23 heavy (non-hydrogen) atoms. The Morgan fingerprint density at radius 3 is 1.39 bits per heavy atom. The van der Waals surface area contributed by atoms with Crippen molar-refractivity contribution in [1.29, 1.82) is 0 Å². The van der Waals surface area contributed by atoms with E-state index in [1.807, 2.05) is 0 Å². The largest absolute Gasteiger partial charge is 0.344 e. The summed E-state index contributed by atoms with van der Waals surface area (Å²) in [4.78, 5) is 0. The summed E-state index contributed by atoms with van der Waals surface area (Å²) < 4.78 is 0. The first-order valence-electron chi connectivity index (χ1n) is 9.72. The zero-order chi connectivity index (χ0) is 16.1. The Balaban J connectivity index is 0. The third-order valence-electron chi connectivity index (χ3n) is 4.15. The van der Waals surface area contributed by atoms with Gasteiger partial charge < -0.3 is 6.15 Å². The van der Waals surface area contributed by atoms with Gasteiger partial charge in [-0.3, -0.25) is 0 Å². The van der Waals surface area contributed by atoms with Gasteiger partial charge in [0.05, 0.1) is 0 Å². The zero-order valence-corrected chi connectivity index (χ0v) is 16.4. The normalized spacial score (nSPS) is 10.3. The van der Waals surface area contributed by atoms with Crippen LogP contribution in [0.4, 0.5) is 0 Å². The smallest absolute Gasteiger partial charge is 0.00860 e. The fourth-order valence-electron chi connectivity index (χ4n) is 2.76. The second-order valence-electron chi connectivity index (χ2n) is 6.37. The van der Waals surface area contributed by atoms with Crippen molar-refractivity contribution in [3.8, 4) is 12.3 Å². The van der Waals surface area contributed by atoms with Crippen molar-refractivity contribution < 1.29 is 0 Å². The highest BCUT2D eigenvalue weighted by Crippen LogP contribution is 2.14. The Labute approximate surface area is 151 Å². The Morgan fingerprint density at radius 1 is 0.609 bits per heavy atom. The van der Waals surface area contributed by atoms with Gasteiger partial charge in [0.15, 0.2) is 0 Å². The van der Waals surface area contributed by atoms with Gasteiger partial charge in [-0.15, -0.1) is 12.3 Å². The van der Waals surface area contributed by atoms with Crippen LogP contribution in [0.15, 0.2) is 0 Å². The molecule has 0 fully saturated rings. The van der Waals surface area contributed by atoms with Crippen molar-refractivity contribution in [2.75, 3.05) is 11.5 Å². The quantitative estimate of drug-likeness (QED) is 0.206. The molecule has 3 N–H and O–H groups in total. The molecule has 0 aromatic rings. The molecule has 0 atom stereocenters. The summed E-state index contributed by atoms with van der Waals surface area (Å²) in [5.74, 6) is 5.31. The molecule has 0 unspecified atom stereocenters. The summed E-state index contributed by atoms with van der Waals surface area (Å²) in [5, 5.41) is 0. The lowest BCUT2D eigenvalue weighted by atomic mass is 10.0. The maximum atomic E-state index is 5.25. The van der Waals surface area contributed by atoms with Crippen LogP contribution in [0.1, 0.15) is 103 Å². The van der Waals surface area contributed by atoms with E-state index in [-0.39, 0.29) is 6.15 Å². The molecule has 0 aliphatic carbocycles. The molecule has 0 saturated carbocycles. The third-order valence-corrected chi connectivity index (χ3v) is 5.30. The van der Waals surface area contributed by atoms with E-state index in [9.17, 15) is 0 Å². The van der Waals surface area contributed by atoms with Gasteiger partial charge in [0.1, 0.15) is 0 Å². The lowest BCUT2D eigenvalue weighted by Crippen LogP contribution is -1.85. The van der Waals surface area contributed by atoms with Crippen LogP contribution in [0.2, 0.25) is 0 Å². The highest BCUT2D eigenvalue weighted by Gasteiger charge is 1.94. The molecule has 1 radical (unpaired) electrons. The lowest BCUT2D eigenvalue weighted by molar-refractivity contribution is 0.537. The molecule has 2 heteroatoms. The van der Waals surface area contributed by atoms with E-state index in [1.165, 1.54) is 101 Å². The van der Waals surface area contributed by atoms with E-state index in [0.29, 0.717) is 0 Å². The second-order valence-corrected chi connectivity index (χ2v) is 7.59. The van der Waals surface area contributed by atoms with Crippen LogP contribution in [-0.4, -0.2) is 11.5 Å². The van der Waals surface area contributed by atoms with Crippen molar-refractivity contribution in [3.63, 3.8) is 0 Å². The van der Waals surface area contributed by atoms with Crippen LogP contribution in [0, 0.1) is 19.3 Å². The maximum Gasteiger partial charge on any atom is 0.00860 e. The minimum atomic E-state index is 0. The van der Waals surface area contributed by atoms with Crippen molar-refractivity contribution in [2.24, 2.45) is 0 Å². The lowest BCUT2D eigenvalue weighted by Gasteiger charge is -2.03. The average Bonchev–Trinajstić information content (AvgIpc) is 2.54. The van der Waals surface area contributed by atoms with Crippen molar-refractivity contribution in [3.05, 3.63) is 6.92 Å². The van der Waals surface area contributed by atoms with Crippen molar-refractivity contribution >= 4 is 11.8 Å². The molecular formula is C21H42NS. The first-order valence-corrected chi connectivity index (χ1v) is 10.9. The predicted octanol–water partition coefficient (Wildman–Crippen LogP) is 7.59. The fraction of sp³-hybridized carbons (Fsp3) is 0.857. The van der Waals surface area contributed by atoms with Gasteiger partial charge in [-0.2, -0.15) is 11.8 Å². The number of thioether (sulfide) groups is 1. The molecule has 0 aliphatic rings. The zero-order valence-electron chi connectivity index (χ0n) is 15.6. The van der Waals surface area contributed by atoms with Gasteiger partial charge in [-0.25, -0.2) is 0 Å². The van der Waals surface area contributed by atoms with E-state index in [1.54, 1.807) is 0 Å². The summed E-state index contributed by atoms with van der Waals surface area (Å²) in [7, 11) is 0. The van der Waals surface area contributed by atoms with Crippen molar-refractivity contribution in [2.45, 2.75) is 103 Å². The summed E-state index contributed by atoms with van der Waals surface area (Å²) in [5.41, 5.74) is 0. The van der Waals surface area contributed by atoms with Gasteiger partial charge in [-0.05, 0) is 30.8 Å². The van der Waals surface area contributed by atoms with Crippen LogP contribution < -0.4 is 6.15 Å². The van der Waals surface area contributed by atoms with Crippen LogP contribution in [0.3, 0.4) is 0 Å². The number of hydrogen-bond acceptors (Lipinski definition) is 2. The van der Waals surface area contributed by atoms with Crippen molar-refractivity contribution in [1.82, 2.24) is 6.15 Å².